The highest BCUT2D eigenvalue weighted by atomic mass is 16.6. The molecule has 1 spiro atoms. The lowest BCUT2D eigenvalue weighted by Crippen LogP contribution is -2.46. The van der Waals surface area contributed by atoms with Gasteiger partial charge in [-0.05, 0) is 56.2 Å². The first-order chi connectivity index (χ1) is 17.0. The maximum absolute atomic E-state index is 12.8. The van der Waals surface area contributed by atoms with Crippen LogP contribution in [0.2, 0.25) is 0 Å². The molecule has 0 aromatic heterocycles. The first-order valence-corrected chi connectivity index (χ1v) is 13.1. The number of carboxylic acids is 1. The van der Waals surface area contributed by atoms with Crippen LogP contribution in [0, 0.1) is 5.92 Å². The molecular formula is C29H38N2O5. The smallest absolute Gasteiger partial charge is 0.415 e. The van der Waals surface area contributed by atoms with Gasteiger partial charge in [0.15, 0.2) is 0 Å². The van der Waals surface area contributed by atoms with Crippen LogP contribution >= 0.6 is 0 Å². The van der Waals surface area contributed by atoms with Crippen LogP contribution in [-0.2, 0) is 21.5 Å². The van der Waals surface area contributed by atoms with Crippen LogP contribution in [0.4, 0.5) is 4.79 Å². The predicted octanol–water partition coefficient (Wildman–Crippen LogP) is 5.25. The molecule has 2 saturated heterocycles. The number of likely N-dealkylation sites (tertiary alicyclic amines) is 1. The first-order valence-electron chi connectivity index (χ1n) is 13.1. The van der Waals surface area contributed by atoms with Crippen LogP contribution in [0.25, 0.3) is 0 Å². The van der Waals surface area contributed by atoms with E-state index in [1.807, 2.05) is 6.08 Å². The Morgan fingerprint density at radius 1 is 1.14 bits per heavy atom. The maximum atomic E-state index is 12.8. The lowest BCUT2D eigenvalue weighted by atomic mass is 9.73. The third kappa shape index (κ3) is 4.90. The van der Waals surface area contributed by atoms with Gasteiger partial charge in [-0.15, -0.1) is 0 Å². The molecule has 3 aliphatic heterocycles. The zero-order chi connectivity index (χ0) is 25.7. The van der Waals surface area contributed by atoms with E-state index in [2.05, 4.69) is 50.8 Å². The summed E-state index contributed by atoms with van der Waals surface area (Å²) in [7, 11) is 0. The molecule has 1 aromatic carbocycles. The molecule has 7 nitrogen and oxygen atoms in total. The van der Waals surface area contributed by atoms with E-state index in [0.717, 1.165) is 50.3 Å². The molecule has 0 radical (unpaired) electrons. The van der Waals surface area contributed by atoms with Gasteiger partial charge in [-0.25, -0.2) is 4.79 Å². The van der Waals surface area contributed by atoms with E-state index in [-0.39, 0.29) is 17.1 Å². The summed E-state index contributed by atoms with van der Waals surface area (Å²) < 4.78 is 12.2. The topological polar surface area (TPSA) is 79.3 Å². The standard InChI is InChI=1S/C29H38N2O5/c1-27(2)18-28(3,4)35-24-11-8-20(16-23(24)27)17-30-14-12-29(13-15-30)19-31(26(34)36-29)22-7-5-6-21(9-10-22)25(32)33/h7-11,16,21H,5-6,12-15,17-19H2,1-4H3,(H,32,33). The third-order valence-electron chi connectivity index (χ3n) is 8.13. The van der Waals surface area contributed by atoms with E-state index < -0.39 is 17.5 Å². The zero-order valence-electron chi connectivity index (χ0n) is 21.9. The van der Waals surface area contributed by atoms with Gasteiger partial charge in [0.05, 0.1) is 12.5 Å². The third-order valence-corrected chi connectivity index (χ3v) is 8.13. The van der Waals surface area contributed by atoms with Gasteiger partial charge in [-0.3, -0.25) is 14.6 Å². The van der Waals surface area contributed by atoms with Gasteiger partial charge >= 0.3 is 12.1 Å². The molecule has 1 amide bonds. The van der Waals surface area contributed by atoms with E-state index >= 15 is 0 Å². The number of piperidine rings is 1. The van der Waals surface area contributed by atoms with Gasteiger partial charge in [-0.2, -0.15) is 0 Å². The molecule has 7 heteroatoms. The minimum absolute atomic E-state index is 0.0617. The number of rotatable bonds is 4. The number of hydrogen-bond acceptors (Lipinski definition) is 5. The van der Waals surface area contributed by atoms with Gasteiger partial charge < -0.3 is 14.6 Å². The van der Waals surface area contributed by atoms with Crippen molar-refractivity contribution >= 4 is 12.1 Å². The van der Waals surface area contributed by atoms with Crippen molar-refractivity contribution in [2.75, 3.05) is 19.6 Å². The molecule has 1 atom stereocenters. The number of hydrogen-bond donors (Lipinski definition) is 1. The summed E-state index contributed by atoms with van der Waals surface area (Å²) in [5, 5.41) is 9.31. The van der Waals surface area contributed by atoms with Gasteiger partial charge in [0.25, 0.3) is 0 Å². The second-order valence-electron chi connectivity index (χ2n) is 12.2. The number of benzene rings is 1. The normalized spacial score (nSPS) is 26.6. The molecule has 1 N–H and O–H groups in total. The van der Waals surface area contributed by atoms with Crippen molar-refractivity contribution < 1.29 is 24.2 Å². The Labute approximate surface area is 213 Å². The maximum Gasteiger partial charge on any atom is 0.415 e. The Kier molecular flexibility index (Phi) is 6.18. The second-order valence-corrected chi connectivity index (χ2v) is 12.2. The van der Waals surface area contributed by atoms with Crippen molar-refractivity contribution in [3.05, 3.63) is 53.3 Å². The van der Waals surface area contributed by atoms with Crippen LogP contribution in [0.1, 0.15) is 70.9 Å². The Morgan fingerprint density at radius 3 is 2.61 bits per heavy atom. The van der Waals surface area contributed by atoms with Crippen molar-refractivity contribution in [1.82, 2.24) is 9.80 Å². The molecule has 4 aliphatic rings. The highest BCUT2D eigenvalue weighted by Crippen LogP contribution is 2.45. The number of carboxylic acid groups (broad SMARTS) is 1. The summed E-state index contributed by atoms with van der Waals surface area (Å²) in [6.45, 7) is 12.0. The largest absolute Gasteiger partial charge is 0.488 e. The SMILES string of the molecule is CC1(C)CC(C)(C)c2cc(CN3CCC4(CC3)CN(C3=CCCC(C(=O)O)C=C3)C(=O)O4)ccc2O1. The molecular weight excluding hydrogens is 456 g/mol. The molecule has 194 valence electrons. The van der Waals surface area contributed by atoms with Crippen LogP contribution < -0.4 is 4.74 Å². The average molecular weight is 495 g/mol. The minimum Gasteiger partial charge on any atom is -0.488 e. The highest BCUT2D eigenvalue weighted by molar-refractivity contribution is 5.75. The predicted molar refractivity (Wildman–Crippen MR) is 137 cm³/mol. The fourth-order valence-corrected chi connectivity index (χ4v) is 6.44. The molecule has 0 saturated carbocycles. The van der Waals surface area contributed by atoms with Crippen molar-refractivity contribution in [2.45, 2.75) is 83.0 Å². The van der Waals surface area contributed by atoms with Crippen LogP contribution in [-0.4, -0.2) is 57.8 Å². The quantitative estimate of drug-likeness (QED) is 0.616. The monoisotopic (exact) mass is 494 g/mol. The summed E-state index contributed by atoms with van der Waals surface area (Å²) >= 11 is 0. The number of ether oxygens (including phenoxy) is 2. The number of aliphatic carboxylic acids is 1. The molecule has 2 fully saturated rings. The molecule has 1 unspecified atom stereocenters. The number of carbonyl (C=O) groups is 2. The number of amides is 1. The van der Waals surface area contributed by atoms with Crippen molar-refractivity contribution in [3.8, 4) is 5.75 Å². The Bertz CT molecular complexity index is 1110. The summed E-state index contributed by atoms with van der Waals surface area (Å²) in [6, 6.07) is 6.60. The van der Waals surface area contributed by atoms with Gasteiger partial charge in [0.1, 0.15) is 17.0 Å². The lowest BCUT2D eigenvalue weighted by Gasteiger charge is -2.43. The Hall–Kier alpha value is -2.80. The van der Waals surface area contributed by atoms with Crippen molar-refractivity contribution in [3.63, 3.8) is 0 Å². The molecule has 1 aliphatic carbocycles. The summed E-state index contributed by atoms with van der Waals surface area (Å²) in [5.74, 6) is -0.346. The van der Waals surface area contributed by atoms with E-state index in [4.69, 9.17) is 9.47 Å². The minimum atomic E-state index is -0.826. The number of allylic oxidation sites excluding steroid dienone is 2. The van der Waals surface area contributed by atoms with E-state index in [0.29, 0.717) is 19.4 Å². The summed E-state index contributed by atoms with van der Waals surface area (Å²) in [6.07, 6.45) is 8.82. The van der Waals surface area contributed by atoms with Crippen LogP contribution in [0.3, 0.4) is 0 Å². The molecule has 3 heterocycles. The van der Waals surface area contributed by atoms with Crippen LogP contribution in [0.5, 0.6) is 5.75 Å². The number of nitrogens with zero attached hydrogens (tertiary/aromatic N) is 2. The number of fused-ring (bicyclic) bond motifs is 1. The average Bonchev–Trinajstić information content (AvgIpc) is 2.95. The van der Waals surface area contributed by atoms with Gasteiger partial charge in [0, 0.05) is 43.7 Å². The molecule has 0 bridgehead atoms. The molecule has 1 aromatic rings. The van der Waals surface area contributed by atoms with Gasteiger partial charge in [-0.1, -0.05) is 38.1 Å². The molecule has 36 heavy (non-hydrogen) atoms. The second kappa shape index (κ2) is 8.94. The first kappa shape index (κ1) is 24.9. The fourth-order valence-electron chi connectivity index (χ4n) is 6.44. The van der Waals surface area contributed by atoms with Crippen molar-refractivity contribution in [2.24, 2.45) is 5.92 Å². The highest BCUT2D eigenvalue weighted by Gasteiger charge is 2.48. The Morgan fingerprint density at radius 2 is 1.89 bits per heavy atom. The van der Waals surface area contributed by atoms with E-state index in [1.165, 1.54) is 11.1 Å². The van der Waals surface area contributed by atoms with Crippen LogP contribution in [0.15, 0.2) is 42.1 Å². The summed E-state index contributed by atoms with van der Waals surface area (Å²) in [4.78, 5) is 28.2. The van der Waals surface area contributed by atoms with E-state index in [1.54, 1.807) is 17.1 Å². The summed E-state index contributed by atoms with van der Waals surface area (Å²) in [5.41, 5.74) is 2.75. The Balaban J connectivity index is 1.21. The lowest BCUT2D eigenvalue weighted by molar-refractivity contribution is -0.140. The fraction of sp³-hybridized carbons (Fsp3) is 0.586. The zero-order valence-corrected chi connectivity index (χ0v) is 21.9. The van der Waals surface area contributed by atoms with Crippen molar-refractivity contribution in [1.29, 1.82) is 0 Å². The number of carbonyl (C=O) groups excluding carboxylic acids is 1. The van der Waals surface area contributed by atoms with Gasteiger partial charge in [0.2, 0.25) is 0 Å². The van der Waals surface area contributed by atoms with E-state index in [9.17, 15) is 14.7 Å². The molecule has 5 rings (SSSR count).